The lowest BCUT2D eigenvalue weighted by Gasteiger charge is -2.05. The molecule has 1 aromatic heterocycles. The lowest BCUT2D eigenvalue weighted by Crippen LogP contribution is -2.00. The fourth-order valence-electron chi connectivity index (χ4n) is 3.38. The van der Waals surface area contributed by atoms with Crippen LogP contribution in [0, 0.1) is 13.8 Å². The Morgan fingerprint density at radius 1 is 0.758 bits per heavy atom. The van der Waals surface area contributed by atoms with Crippen LogP contribution in [-0.4, -0.2) is 11.1 Å². The molecular formula is C28H22O3S2. The maximum atomic E-state index is 12.2. The van der Waals surface area contributed by atoms with Gasteiger partial charge in [0.05, 0.1) is 5.56 Å². The standard InChI is InChI=1S/C14H12O2S.C14H10OS/c1-10-6-8-11(9-7-10)17-13-5-3-2-4-12(13)14(15)16;1-9-6-7-13-11(8-9)14(15)10-4-2-3-5-12(10)16-13/h2-9H,1H3,(H,15,16);2-8H,1H3. The first-order valence-electron chi connectivity index (χ1n) is 10.4. The zero-order valence-corrected chi connectivity index (χ0v) is 19.9. The van der Waals surface area contributed by atoms with Crippen LogP contribution in [0.1, 0.15) is 21.5 Å². The highest BCUT2D eigenvalue weighted by Gasteiger charge is 2.10. The van der Waals surface area contributed by atoms with Crippen molar-refractivity contribution in [2.75, 3.05) is 0 Å². The van der Waals surface area contributed by atoms with Crippen LogP contribution < -0.4 is 5.43 Å². The molecule has 3 nitrogen and oxygen atoms in total. The van der Waals surface area contributed by atoms with Gasteiger partial charge in [0.1, 0.15) is 0 Å². The van der Waals surface area contributed by atoms with E-state index in [0.29, 0.717) is 5.56 Å². The molecule has 1 heterocycles. The molecule has 0 radical (unpaired) electrons. The Kier molecular flexibility index (Phi) is 6.92. The summed E-state index contributed by atoms with van der Waals surface area (Å²) in [6, 6.07) is 28.9. The van der Waals surface area contributed by atoms with E-state index in [1.165, 1.54) is 17.3 Å². The fourth-order valence-corrected chi connectivity index (χ4v) is 5.37. The number of hydrogen-bond donors (Lipinski definition) is 1. The van der Waals surface area contributed by atoms with Gasteiger partial charge in [-0.25, -0.2) is 4.79 Å². The first-order valence-corrected chi connectivity index (χ1v) is 12.0. The van der Waals surface area contributed by atoms with Crippen LogP contribution in [0.2, 0.25) is 0 Å². The predicted molar refractivity (Wildman–Crippen MR) is 139 cm³/mol. The molecule has 5 aromatic rings. The Bertz CT molecular complexity index is 1500. The third-order valence-corrected chi connectivity index (χ3v) is 7.33. The van der Waals surface area contributed by atoms with Crippen LogP contribution in [0.4, 0.5) is 0 Å². The Hall–Kier alpha value is -3.41. The van der Waals surface area contributed by atoms with Crippen LogP contribution in [0.15, 0.2) is 106 Å². The molecule has 5 heteroatoms. The van der Waals surface area contributed by atoms with Crippen LogP contribution in [-0.2, 0) is 0 Å². The minimum absolute atomic E-state index is 0.146. The third-order valence-electron chi connectivity index (χ3n) is 5.10. The number of aryl methyl sites for hydroxylation is 2. The van der Waals surface area contributed by atoms with Gasteiger partial charge in [-0.2, -0.15) is 0 Å². The topological polar surface area (TPSA) is 54.4 Å². The zero-order chi connectivity index (χ0) is 23.4. The Labute approximate surface area is 200 Å². The molecule has 0 bridgehead atoms. The third kappa shape index (κ3) is 5.33. The normalized spacial score (nSPS) is 10.6. The van der Waals surface area contributed by atoms with Gasteiger partial charge in [-0.15, -0.1) is 11.3 Å². The molecule has 0 fully saturated rings. The van der Waals surface area contributed by atoms with Gasteiger partial charge in [-0.1, -0.05) is 65.4 Å². The molecule has 1 N–H and O–H groups in total. The van der Waals surface area contributed by atoms with Crippen molar-refractivity contribution in [2.45, 2.75) is 23.6 Å². The average molecular weight is 471 g/mol. The minimum Gasteiger partial charge on any atom is -0.478 e. The Morgan fingerprint density at radius 2 is 1.39 bits per heavy atom. The molecule has 33 heavy (non-hydrogen) atoms. The predicted octanol–water partition coefficient (Wildman–Crippen LogP) is 7.57. The van der Waals surface area contributed by atoms with E-state index < -0.39 is 5.97 Å². The molecule has 0 atom stereocenters. The summed E-state index contributed by atoms with van der Waals surface area (Å²) in [6.45, 7) is 4.04. The monoisotopic (exact) mass is 470 g/mol. The zero-order valence-electron chi connectivity index (χ0n) is 18.2. The summed E-state index contributed by atoms with van der Waals surface area (Å²) in [5.41, 5.74) is 2.82. The van der Waals surface area contributed by atoms with Gasteiger partial charge < -0.3 is 5.11 Å². The number of fused-ring (bicyclic) bond motifs is 2. The summed E-state index contributed by atoms with van der Waals surface area (Å²) >= 11 is 3.14. The second-order valence-corrected chi connectivity index (χ2v) is 9.84. The van der Waals surface area contributed by atoms with E-state index in [1.54, 1.807) is 23.5 Å². The number of carbonyl (C=O) groups is 1. The van der Waals surface area contributed by atoms with Gasteiger partial charge in [-0.3, -0.25) is 4.79 Å². The molecule has 0 aliphatic rings. The van der Waals surface area contributed by atoms with E-state index in [0.717, 1.165) is 35.5 Å². The molecule has 164 valence electrons. The molecule has 4 aromatic carbocycles. The summed E-state index contributed by atoms with van der Waals surface area (Å²) in [5, 5.41) is 10.7. The molecule has 0 aliphatic carbocycles. The lowest BCUT2D eigenvalue weighted by atomic mass is 10.1. The highest BCUT2D eigenvalue weighted by Crippen LogP contribution is 2.30. The number of hydrogen-bond acceptors (Lipinski definition) is 4. The van der Waals surface area contributed by atoms with Gasteiger partial charge >= 0.3 is 5.97 Å². The smallest absolute Gasteiger partial charge is 0.336 e. The van der Waals surface area contributed by atoms with Crippen molar-refractivity contribution in [1.82, 2.24) is 0 Å². The number of aromatic carboxylic acids is 1. The van der Waals surface area contributed by atoms with E-state index in [2.05, 4.69) is 0 Å². The van der Waals surface area contributed by atoms with Gasteiger partial charge in [0.25, 0.3) is 0 Å². The van der Waals surface area contributed by atoms with Crippen LogP contribution >= 0.6 is 23.1 Å². The Morgan fingerprint density at radius 3 is 2.15 bits per heavy atom. The SMILES string of the molecule is Cc1ccc(Sc2ccccc2C(=O)O)cc1.Cc1ccc2sc3ccccc3c(=O)c2c1. The van der Waals surface area contributed by atoms with Crippen molar-refractivity contribution in [3.63, 3.8) is 0 Å². The summed E-state index contributed by atoms with van der Waals surface area (Å²) in [4.78, 5) is 25.1. The number of rotatable bonds is 3. The largest absolute Gasteiger partial charge is 0.478 e. The maximum Gasteiger partial charge on any atom is 0.336 e. The molecule has 0 amide bonds. The molecule has 0 saturated carbocycles. The van der Waals surface area contributed by atoms with Crippen molar-refractivity contribution in [2.24, 2.45) is 0 Å². The van der Waals surface area contributed by atoms with Gasteiger partial charge in [0, 0.05) is 30.0 Å². The quantitative estimate of drug-likeness (QED) is 0.276. The van der Waals surface area contributed by atoms with Gasteiger partial charge in [0.2, 0.25) is 0 Å². The average Bonchev–Trinajstić information content (AvgIpc) is 2.82. The van der Waals surface area contributed by atoms with E-state index in [1.807, 2.05) is 92.7 Å². The van der Waals surface area contributed by atoms with Crippen molar-refractivity contribution < 1.29 is 9.90 Å². The van der Waals surface area contributed by atoms with Crippen molar-refractivity contribution in [1.29, 1.82) is 0 Å². The molecule has 0 aliphatic heterocycles. The Balaban J connectivity index is 0.000000157. The molecule has 0 saturated heterocycles. The minimum atomic E-state index is -0.889. The van der Waals surface area contributed by atoms with Crippen molar-refractivity contribution in [3.05, 3.63) is 118 Å². The first-order chi connectivity index (χ1) is 15.9. The highest BCUT2D eigenvalue weighted by atomic mass is 32.2. The van der Waals surface area contributed by atoms with Crippen LogP contribution in [0.5, 0.6) is 0 Å². The van der Waals surface area contributed by atoms with Gasteiger partial charge in [-0.05, 0) is 62.4 Å². The number of carboxylic acids is 1. The molecule has 5 rings (SSSR count). The second-order valence-electron chi connectivity index (χ2n) is 7.64. The molecule has 0 unspecified atom stereocenters. The van der Waals surface area contributed by atoms with Crippen LogP contribution in [0.3, 0.4) is 0 Å². The first kappa shape index (κ1) is 22.8. The summed E-state index contributed by atoms with van der Waals surface area (Å²) in [6.07, 6.45) is 0. The number of benzene rings is 4. The maximum absolute atomic E-state index is 12.2. The summed E-state index contributed by atoms with van der Waals surface area (Å²) in [7, 11) is 0. The molecular weight excluding hydrogens is 448 g/mol. The van der Waals surface area contributed by atoms with Crippen molar-refractivity contribution in [3.8, 4) is 0 Å². The van der Waals surface area contributed by atoms with E-state index in [4.69, 9.17) is 5.11 Å². The lowest BCUT2D eigenvalue weighted by molar-refractivity contribution is 0.0693. The second kappa shape index (κ2) is 10.0. The highest BCUT2D eigenvalue weighted by molar-refractivity contribution is 7.99. The van der Waals surface area contributed by atoms with Crippen LogP contribution in [0.25, 0.3) is 20.2 Å². The summed E-state index contributed by atoms with van der Waals surface area (Å²) < 4.78 is 2.12. The molecule has 0 spiro atoms. The van der Waals surface area contributed by atoms with E-state index in [-0.39, 0.29) is 5.43 Å². The fraction of sp³-hybridized carbons (Fsp3) is 0.0714. The van der Waals surface area contributed by atoms with E-state index in [9.17, 15) is 9.59 Å². The van der Waals surface area contributed by atoms with Crippen molar-refractivity contribution >= 4 is 49.2 Å². The number of carboxylic acid groups (broad SMARTS) is 1. The summed E-state index contributed by atoms with van der Waals surface area (Å²) in [5.74, 6) is -0.889. The van der Waals surface area contributed by atoms with E-state index >= 15 is 0 Å². The van der Waals surface area contributed by atoms with Gasteiger partial charge in [0.15, 0.2) is 5.43 Å².